The third-order valence-corrected chi connectivity index (χ3v) is 3.69. The monoisotopic (exact) mass is 221 g/mol. The van der Waals surface area contributed by atoms with Gasteiger partial charge in [0, 0.05) is 31.7 Å². The first-order chi connectivity index (χ1) is 7.65. The minimum Gasteiger partial charge on any atom is -0.384 e. The van der Waals surface area contributed by atoms with Crippen molar-refractivity contribution in [3.8, 4) is 0 Å². The van der Waals surface area contributed by atoms with Crippen LogP contribution in [0.2, 0.25) is 0 Å². The van der Waals surface area contributed by atoms with E-state index in [1.54, 1.807) is 0 Å². The van der Waals surface area contributed by atoms with Crippen LogP contribution >= 0.6 is 0 Å². The van der Waals surface area contributed by atoms with Crippen LogP contribution in [-0.4, -0.2) is 53.3 Å². The summed E-state index contributed by atoms with van der Waals surface area (Å²) in [6.45, 7) is 4.17. The highest BCUT2D eigenvalue weighted by atomic mass is 15.4. The topological polar surface area (TPSA) is 50.3 Å². The van der Waals surface area contributed by atoms with Crippen molar-refractivity contribution in [2.45, 2.75) is 19.0 Å². The van der Waals surface area contributed by atoms with E-state index in [0.717, 1.165) is 38.4 Å². The Balaban J connectivity index is 1.90. The van der Waals surface area contributed by atoms with Gasteiger partial charge < -0.3 is 15.5 Å². The average Bonchev–Trinajstić information content (AvgIpc) is 2.51. The van der Waals surface area contributed by atoms with Gasteiger partial charge in [-0.2, -0.15) is 5.10 Å². The third-order valence-electron chi connectivity index (χ3n) is 3.69. The molecule has 0 aliphatic carbocycles. The number of nitrogens with two attached hydrogens (primary N) is 1. The number of nitrogen functional groups attached to an aromatic ring is 1. The molecule has 2 aliphatic rings. The van der Waals surface area contributed by atoms with Gasteiger partial charge in [-0.05, 0) is 20.5 Å². The summed E-state index contributed by atoms with van der Waals surface area (Å²) < 4.78 is 2.05. The number of aromatic nitrogens is 2. The standard InChI is InChI=1S/C11H19N5/c1-14-4-3-9-10(7-14)13-16(11(9)12)8-5-15(2)6-8/h8H,3-7,12H2,1-2H3. The second kappa shape index (κ2) is 3.46. The van der Waals surface area contributed by atoms with Gasteiger partial charge in [0.25, 0.3) is 0 Å². The lowest BCUT2D eigenvalue weighted by Crippen LogP contribution is -2.45. The first kappa shape index (κ1) is 10.1. The van der Waals surface area contributed by atoms with Crippen molar-refractivity contribution in [3.05, 3.63) is 11.3 Å². The molecule has 1 aromatic rings. The molecule has 5 nitrogen and oxygen atoms in total. The molecule has 0 saturated carbocycles. The second-order valence-electron chi connectivity index (χ2n) is 5.12. The van der Waals surface area contributed by atoms with E-state index in [1.165, 1.54) is 11.3 Å². The van der Waals surface area contributed by atoms with Gasteiger partial charge >= 0.3 is 0 Å². The van der Waals surface area contributed by atoms with Gasteiger partial charge in [0.2, 0.25) is 0 Å². The maximum absolute atomic E-state index is 6.19. The Hall–Kier alpha value is -1.07. The summed E-state index contributed by atoms with van der Waals surface area (Å²) in [4.78, 5) is 4.59. The van der Waals surface area contributed by atoms with Gasteiger partial charge in [0.1, 0.15) is 5.82 Å². The molecule has 1 saturated heterocycles. The summed E-state index contributed by atoms with van der Waals surface area (Å²) in [7, 11) is 4.26. The van der Waals surface area contributed by atoms with Crippen LogP contribution in [0.4, 0.5) is 5.82 Å². The fraction of sp³-hybridized carbons (Fsp3) is 0.727. The van der Waals surface area contributed by atoms with Crippen molar-refractivity contribution < 1.29 is 0 Å². The van der Waals surface area contributed by atoms with Crippen LogP contribution < -0.4 is 5.73 Å². The number of likely N-dealkylation sites (N-methyl/N-ethyl adjacent to an activating group) is 2. The molecule has 0 bridgehead atoms. The molecule has 2 aliphatic heterocycles. The van der Waals surface area contributed by atoms with Crippen molar-refractivity contribution >= 4 is 5.82 Å². The molecule has 5 heteroatoms. The Morgan fingerprint density at radius 3 is 2.69 bits per heavy atom. The minimum atomic E-state index is 0.487. The zero-order valence-electron chi connectivity index (χ0n) is 9.98. The summed E-state index contributed by atoms with van der Waals surface area (Å²) in [6.07, 6.45) is 1.04. The maximum Gasteiger partial charge on any atom is 0.125 e. The van der Waals surface area contributed by atoms with Crippen LogP contribution in [0.3, 0.4) is 0 Å². The Labute approximate surface area is 95.8 Å². The fourth-order valence-corrected chi connectivity index (χ4v) is 2.67. The molecule has 88 valence electrons. The first-order valence-corrected chi connectivity index (χ1v) is 5.88. The molecule has 2 N–H and O–H groups in total. The van der Waals surface area contributed by atoms with Crippen LogP contribution in [0.15, 0.2) is 0 Å². The summed E-state index contributed by atoms with van der Waals surface area (Å²) in [5.74, 6) is 0.904. The Bertz CT molecular complexity index is 405. The first-order valence-electron chi connectivity index (χ1n) is 5.88. The predicted octanol–water partition coefficient (Wildman–Crippen LogP) is -0.0603. The number of fused-ring (bicyclic) bond motifs is 1. The van der Waals surface area contributed by atoms with Crippen molar-refractivity contribution in [1.82, 2.24) is 19.6 Å². The highest BCUT2D eigenvalue weighted by Gasteiger charge is 2.30. The molecule has 0 aromatic carbocycles. The van der Waals surface area contributed by atoms with Crippen LogP contribution in [-0.2, 0) is 13.0 Å². The van der Waals surface area contributed by atoms with Gasteiger partial charge in [0.15, 0.2) is 0 Å². The van der Waals surface area contributed by atoms with Gasteiger partial charge in [-0.25, -0.2) is 4.68 Å². The fourth-order valence-electron chi connectivity index (χ4n) is 2.67. The largest absolute Gasteiger partial charge is 0.384 e. The molecule has 0 atom stereocenters. The number of anilines is 1. The summed E-state index contributed by atoms with van der Waals surface area (Å²) in [5, 5.41) is 4.68. The predicted molar refractivity (Wildman–Crippen MR) is 63.2 cm³/mol. The number of hydrogen-bond donors (Lipinski definition) is 1. The van der Waals surface area contributed by atoms with Crippen molar-refractivity contribution in [1.29, 1.82) is 0 Å². The number of hydrogen-bond acceptors (Lipinski definition) is 4. The summed E-state index contributed by atoms with van der Waals surface area (Å²) in [6, 6.07) is 0.487. The van der Waals surface area contributed by atoms with Gasteiger partial charge in [0.05, 0.1) is 11.7 Å². The lowest BCUT2D eigenvalue weighted by atomic mass is 10.1. The van der Waals surface area contributed by atoms with E-state index >= 15 is 0 Å². The van der Waals surface area contributed by atoms with Gasteiger partial charge in [-0.3, -0.25) is 0 Å². The molecular formula is C11H19N5. The van der Waals surface area contributed by atoms with Crippen molar-refractivity contribution in [3.63, 3.8) is 0 Å². The highest BCUT2D eigenvalue weighted by molar-refractivity contribution is 5.45. The molecule has 0 radical (unpaired) electrons. The molecule has 0 spiro atoms. The van der Waals surface area contributed by atoms with Crippen LogP contribution in [0.5, 0.6) is 0 Å². The Morgan fingerprint density at radius 2 is 2.00 bits per heavy atom. The van der Waals surface area contributed by atoms with Gasteiger partial charge in [-0.15, -0.1) is 0 Å². The smallest absolute Gasteiger partial charge is 0.125 e. The van der Waals surface area contributed by atoms with Crippen molar-refractivity contribution in [2.24, 2.45) is 0 Å². The lowest BCUT2D eigenvalue weighted by molar-refractivity contribution is 0.132. The third kappa shape index (κ3) is 1.43. The van der Waals surface area contributed by atoms with Crippen molar-refractivity contribution in [2.75, 3.05) is 39.5 Å². The van der Waals surface area contributed by atoms with E-state index in [4.69, 9.17) is 5.73 Å². The highest BCUT2D eigenvalue weighted by Crippen LogP contribution is 2.28. The quantitative estimate of drug-likeness (QED) is 0.722. The zero-order chi connectivity index (χ0) is 11.3. The average molecular weight is 221 g/mol. The SMILES string of the molecule is CN1CCc2c(nn(C3CN(C)C3)c2N)C1. The lowest BCUT2D eigenvalue weighted by Gasteiger charge is -2.36. The molecule has 1 fully saturated rings. The van der Waals surface area contributed by atoms with E-state index < -0.39 is 0 Å². The summed E-state index contributed by atoms with van der Waals surface area (Å²) >= 11 is 0. The molecule has 0 unspecified atom stereocenters. The second-order valence-corrected chi connectivity index (χ2v) is 5.12. The summed E-state index contributed by atoms with van der Waals surface area (Å²) in [5.41, 5.74) is 8.65. The van der Waals surface area contributed by atoms with E-state index in [9.17, 15) is 0 Å². The van der Waals surface area contributed by atoms with Crippen LogP contribution in [0.1, 0.15) is 17.3 Å². The number of likely N-dealkylation sites (tertiary alicyclic amines) is 1. The maximum atomic E-state index is 6.19. The van der Waals surface area contributed by atoms with E-state index in [1.807, 2.05) is 4.68 Å². The molecule has 3 heterocycles. The number of nitrogens with zero attached hydrogens (tertiary/aromatic N) is 4. The number of rotatable bonds is 1. The van der Waals surface area contributed by atoms with E-state index in [-0.39, 0.29) is 0 Å². The van der Waals surface area contributed by atoms with Crippen LogP contribution in [0, 0.1) is 0 Å². The van der Waals surface area contributed by atoms with E-state index in [2.05, 4.69) is 29.0 Å². The van der Waals surface area contributed by atoms with Crippen LogP contribution in [0.25, 0.3) is 0 Å². The minimum absolute atomic E-state index is 0.487. The van der Waals surface area contributed by atoms with E-state index in [0.29, 0.717) is 6.04 Å². The molecule has 0 amide bonds. The van der Waals surface area contributed by atoms with Gasteiger partial charge in [-0.1, -0.05) is 0 Å². The molecule has 16 heavy (non-hydrogen) atoms. The molecule has 3 rings (SSSR count). The molecular weight excluding hydrogens is 202 g/mol. The zero-order valence-corrected chi connectivity index (χ0v) is 9.98. The normalized spacial score (nSPS) is 23.1. The molecule has 1 aromatic heterocycles. The Morgan fingerprint density at radius 1 is 1.25 bits per heavy atom. The Kier molecular flexibility index (Phi) is 2.19.